The maximum absolute atomic E-state index is 12.1. The van der Waals surface area contributed by atoms with Crippen LogP contribution in [0, 0.1) is 18.3 Å². The summed E-state index contributed by atoms with van der Waals surface area (Å²) in [5.41, 5.74) is 0. The summed E-state index contributed by atoms with van der Waals surface area (Å²) in [5.74, 6) is 4.39. The van der Waals surface area contributed by atoms with Crippen LogP contribution in [0.5, 0.6) is 0 Å². The second kappa shape index (κ2) is 5.46. The molecular weight excluding hydrogens is 236 g/mol. The number of carbonyl (C=O) groups excluding carboxylic acids is 2. The van der Waals surface area contributed by atoms with E-state index in [1.807, 2.05) is 0 Å². The molecule has 2 aliphatic rings. The molecular formula is C12H16N2O2S. The van der Waals surface area contributed by atoms with Crippen molar-refractivity contribution >= 4 is 23.6 Å². The fraction of sp³-hybridized carbons (Fsp3) is 0.667. The Morgan fingerprint density at radius 3 is 2.88 bits per heavy atom. The number of nitrogens with zero attached hydrogens (tertiary/aromatic N) is 1. The smallest absolute Gasteiger partial charge is 0.245 e. The molecule has 0 radical (unpaired) electrons. The van der Waals surface area contributed by atoms with Crippen molar-refractivity contribution in [3.05, 3.63) is 0 Å². The molecule has 0 aromatic heterocycles. The number of carbonyl (C=O) groups is 2. The molecule has 0 spiro atoms. The van der Waals surface area contributed by atoms with Crippen LogP contribution in [0.25, 0.3) is 0 Å². The van der Waals surface area contributed by atoms with E-state index in [1.165, 1.54) is 0 Å². The fourth-order valence-corrected chi connectivity index (χ4v) is 2.58. The van der Waals surface area contributed by atoms with Crippen LogP contribution in [0.3, 0.4) is 0 Å². The van der Waals surface area contributed by atoms with Gasteiger partial charge in [0.15, 0.2) is 0 Å². The van der Waals surface area contributed by atoms with Gasteiger partial charge in [0.05, 0.1) is 12.3 Å². The molecule has 1 saturated carbocycles. The summed E-state index contributed by atoms with van der Waals surface area (Å²) in [5, 5.41) is 2.79. The molecule has 17 heavy (non-hydrogen) atoms. The standard InChI is InChI=1S/C12H16N2O2S/c1-2-6-17-7-5-14-8-10(15)13-11(12(14)16)9-3-4-9/h1,9,11H,3-8H2,(H,13,15). The van der Waals surface area contributed by atoms with Gasteiger partial charge < -0.3 is 10.2 Å². The number of hydrogen-bond acceptors (Lipinski definition) is 3. The van der Waals surface area contributed by atoms with Crippen LogP contribution in [0.15, 0.2) is 0 Å². The Morgan fingerprint density at radius 2 is 2.24 bits per heavy atom. The van der Waals surface area contributed by atoms with Crippen LogP contribution in [0.4, 0.5) is 0 Å². The van der Waals surface area contributed by atoms with Crippen LogP contribution in [-0.2, 0) is 9.59 Å². The number of thioether (sulfide) groups is 1. The van der Waals surface area contributed by atoms with Crippen molar-refractivity contribution in [2.45, 2.75) is 18.9 Å². The zero-order valence-corrected chi connectivity index (χ0v) is 10.5. The van der Waals surface area contributed by atoms with Gasteiger partial charge in [0.25, 0.3) is 0 Å². The van der Waals surface area contributed by atoms with E-state index in [0.29, 0.717) is 18.2 Å². The maximum Gasteiger partial charge on any atom is 0.245 e. The van der Waals surface area contributed by atoms with Crippen LogP contribution in [0.2, 0.25) is 0 Å². The summed E-state index contributed by atoms with van der Waals surface area (Å²) in [6.45, 7) is 0.806. The number of terminal acetylenes is 1. The average Bonchev–Trinajstić information content (AvgIpc) is 3.12. The van der Waals surface area contributed by atoms with Crippen LogP contribution < -0.4 is 5.32 Å². The molecule has 1 atom stereocenters. The first-order valence-corrected chi connectivity index (χ1v) is 6.97. The third-order valence-corrected chi connectivity index (χ3v) is 3.86. The Morgan fingerprint density at radius 1 is 1.47 bits per heavy atom. The van der Waals surface area contributed by atoms with E-state index in [2.05, 4.69) is 11.2 Å². The zero-order valence-electron chi connectivity index (χ0n) is 9.65. The lowest BCUT2D eigenvalue weighted by molar-refractivity contribution is -0.144. The second-order valence-corrected chi connectivity index (χ2v) is 5.50. The summed E-state index contributed by atoms with van der Waals surface area (Å²) >= 11 is 1.61. The van der Waals surface area contributed by atoms with Crippen molar-refractivity contribution < 1.29 is 9.59 Å². The Hall–Kier alpha value is -1.15. The van der Waals surface area contributed by atoms with Crippen molar-refractivity contribution in [1.82, 2.24) is 10.2 Å². The molecule has 0 aromatic rings. The highest BCUT2D eigenvalue weighted by Gasteiger charge is 2.42. The quantitative estimate of drug-likeness (QED) is 0.557. The molecule has 1 heterocycles. The molecule has 4 nitrogen and oxygen atoms in total. The van der Waals surface area contributed by atoms with Gasteiger partial charge in [0.1, 0.15) is 6.04 Å². The SMILES string of the molecule is C#CCSCCN1CC(=O)NC(C2CC2)C1=O. The first-order chi connectivity index (χ1) is 8.22. The highest BCUT2D eigenvalue weighted by molar-refractivity contribution is 7.99. The van der Waals surface area contributed by atoms with E-state index in [1.54, 1.807) is 16.7 Å². The largest absolute Gasteiger partial charge is 0.342 e. The van der Waals surface area contributed by atoms with Crippen molar-refractivity contribution in [2.24, 2.45) is 5.92 Å². The van der Waals surface area contributed by atoms with Gasteiger partial charge in [-0.25, -0.2) is 0 Å². The van der Waals surface area contributed by atoms with Crippen molar-refractivity contribution in [1.29, 1.82) is 0 Å². The van der Waals surface area contributed by atoms with Crippen molar-refractivity contribution in [2.75, 3.05) is 24.6 Å². The molecule has 2 fully saturated rings. The number of piperazine rings is 1. The van der Waals surface area contributed by atoms with E-state index in [-0.39, 0.29) is 24.4 Å². The summed E-state index contributed by atoms with van der Waals surface area (Å²) in [7, 11) is 0. The number of amides is 2. The van der Waals surface area contributed by atoms with Crippen LogP contribution in [-0.4, -0.2) is 47.4 Å². The topological polar surface area (TPSA) is 49.4 Å². The Bertz CT molecular complexity index is 360. The van der Waals surface area contributed by atoms with Gasteiger partial charge in [-0.2, -0.15) is 0 Å². The predicted octanol–water partition coefficient (Wildman–Crippen LogP) is 0.0898. The lowest BCUT2D eigenvalue weighted by Gasteiger charge is -2.32. The van der Waals surface area contributed by atoms with Gasteiger partial charge in [-0.1, -0.05) is 5.92 Å². The second-order valence-electron chi connectivity index (χ2n) is 4.40. The summed E-state index contributed by atoms with van der Waals surface area (Å²) in [4.78, 5) is 25.2. The molecule has 92 valence electrons. The van der Waals surface area contributed by atoms with Gasteiger partial charge in [-0.3, -0.25) is 9.59 Å². The molecule has 2 rings (SSSR count). The van der Waals surface area contributed by atoms with Gasteiger partial charge in [0.2, 0.25) is 11.8 Å². The normalized spacial score (nSPS) is 24.4. The molecule has 0 bridgehead atoms. The van der Waals surface area contributed by atoms with E-state index < -0.39 is 0 Å². The summed E-state index contributed by atoms with van der Waals surface area (Å²) < 4.78 is 0. The van der Waals surface area contributed by atoms with Crippen molar-refractivity contribution in [3.63, 3.8) is 0 Å². The van der Waals surface area contributed by atoms with E-state index >= 15 is 0 Å². The van der Waals surface area contributed by atoms with Gasteiger partial charge in [0, 0.05) is 12.3 Å². The van der Waals surface area contributed by atoms with E-state index in [0.717, 1.165) is 18.6 Å². The molecule has 1 N–H and O–H groups in total. The van der Waals surface area contributed by atoms with Crippen molar-refractivity contribution in [3.8, 4) is 12.3 Å². The number of hydrogen-bond donors (Lipinski definition) is 1. The number of rotatable bonds is 5. The van der Waals surface area contributed by atoms with E-state index in [9.17, 15) is 9.59 Å². The minimum Gasteiger partial charge on any atom is -0.342 e. The zero-order chi connectivity index (χ0) is 12.3. The maximum atomic E-state index is 12.1. The minimum atomic E-state index is -0.270. The molecule has 1 aliphatic carbocycles. The Kier molecular flexibility index (Phi) is 3.95. The molecule has 0 aromatic carbocycles. The highest BCUT2D eigenvalue weighted by atomic mass is 32.2. The summed E-state index contributed by atoms with van der Waals surface area (Å²) in [6.07, 6.45) is 7.26. The van der Waals surface area contributed by atoms with Crippen LogP contribution >= 0.6 is 11.8 Å². The lowest BCUT2D eigenvalue weighted by atomic mass is 10.1. The van der Waals surface area contributed by atoms with E-state index in [4.69, 9.17) is 6.42 Å². The Labute approximate surface area is 105 Å². The third kappa shape index (κ3) is 3.16. The first-order valence-electron chi connectivity index (χ1n) is 5.81. The fourth-order valence-electron chi connectivity index (χ4n) is 1.97. The van der Waals surface area contributed by atoms with Crippen LogP contribution in [0.1, 0.15) is 12.8 Å². The summed E-state index contributed by atoms with van der Waals surface area (Å²) in [6, 6.07) is -0.270. The monoisotopic (exact) mass is 252 g/mol. The third-order valence-electron chi connectivity index (χ3n) is 3.01. The first kappa shape index (κ1) is 12.3. The molecule has 1 unspecified atom stereocenters. The van der Waals surface area contributed by atoms with Gasteiger partial charge >= 0.3 is 0 Å². The molecule has 5 heteroatoms. The lowest BCUT2D eigenvalue weighted by Crippen LogP contribution is -2.59. The molecule has 1 saturated heterocycles. The highest BCUT2D eigenvalue weighted by Crippen LogP contribution is 2.34. The number of nitrogens with one attached hydrogen (secondary N) is 1. The minimum absolute atomic E-state index is 0.0385. The van der Waals surface area contributed by atoms with Gasteiger partial charge in [-0.15, -0.1) is 18.2 Å². The molecule has 2 amide bonds. The predicted molar refractivity (Wildman–Crippen MR) is 67.4 cm³/mol. The van der Waals surface area contributed by atoms with Gasteiger partial charge in [-0.05, 0) is 18.8 Å². The Balaban J connectivity index is 1.85. The average molecular weight is 252 g/mol. The molecule has 1 aliphatic heterocycles.